The molecule has 1 aromatic rings. The summed E-state index contributed by atoms with van der Waals surface area (Å²) in [6.45, 7) is 8.16. The van der Waals surface area contributed by atoms with E-state index >= 15 is 0 Å². The van der Waals surface area contributed by atoms with Crippen molar-refractivity contribution in [2.24, 2.45) is 5.92 Å². The van der Waals surface area contributed by atoms with Crippen molar-refractivity contribution in [3.63, 3.8) is 0 Å². The predicted octanol–water partition coefficient (Wildman–Crippen LogP) is 4.52. The fourth-order valence-corrected chi connectivity index (χ4v) is 3.08. The Morgan fingerprint density at radius 1 is 1.05 bits per heavy atom. The molecular formula is C18H29N. The molecule has 0 bridgehead atoms. The Morgan fingerprint density at radius 3 is 2.53 bits per heavy atom. The van der Waals surface area contributed by atoms with Crippen LogP contribution >= 0.6 is 0 Å². The molecule has 1 fully saturated rings. The van der Waals surface area contributed by atoms with Crippen molar-refractivity contribution in [1.29, 1.82) is 0 Å². The highest BCUT2D eigenvalue weighted by Crippen LogP contribution is 2.25. The van der Waals surface area contributed by atoms with Crippen molar-refractivity contribution >= 4 is 0 Å². The Kier molecular flexibility index (Phi) is 5.04. The molecule has 2 atom stereocenters. The molecule has 0 radical (unpaired) electrons. The Morgan fingerprint density at radius 2 is 1.79 bits per heavy atom. The summed E-state index contributed by atoms with van der Waals surface area (Å²) in [4.78, 5) is 0. The second kappa shape index (κ2) is 6.56. The summed E-state index contributed by atoms with van der Waals surface area (Å²) in [5, 5.41) is 3.82. The van der Waals surface area contributed by atoms with E-state index in [1.54, 1.807) is 0 Å². The van der Waals surface area contributed by atoms with Gasteiger partial charge in [-0.1, -0.05) is 63.9 Å². The molecule has 0 aromatic heterocycles. The van der Waals surface area contributed by atoms with E-state index in [0.29, 0.717) is 0 Å². The summed E-state index contributed by atoms with van der Waals surface area (Å²) in [5.74, 6) is 0.925. The molecule has 19 heavy (non-hydrogen) atoms. The number of hydrogen-bond acceptors (Lipinski definition) is 1. The minimum Gasteiger partial charge on any atom is -0.313 e. The first-order valence-corrected chi connectivity index (χ1v) is 7.87. The van der Waals surface area contributed by atoms with Gasteiger partial charge in [0.2, 0.25) is 0 Å². The molecule has 0 amide bonds. The van der Waals surface area contributed by atoms with Crippen molar-refractivity contribution in [3.8, 4) is 0 Å². The number of nitrogens with one attached hydrogen (secondary N) is 1. The Hall–Kier alpha value is -0.820. The maximum Gasteiger partial charge on any atom is 0.00675 e. The summed E-state index contributed by atoms with van der Waals surface area (Å²) in [5.41, 5.74) is 1.66. The topological polar surface area (TPSA) is 12.0 Å². The van der Waals surface area contributed by atoms with Gasteiger partial charge in [0.05, 0.1) is 0 Å². The van der Waals surface area contributed by atoms with Gasteiger partial charge in [0.25, 0.3) is 0 Å². The SMILES string of the molecule is CC1CCCC(NCC(C)(C)c2ccccc2)CC1. The van der Waals surface area contributed by atoms with Crippen molar-refractivity contribution < 1.29 is 0 Å². The third kappa shape index (κ3) is 4.35. The minimum atomic E-state index is 0.221. The molecular weight excluding hydrogens is 230 g/mol. The van der Waals surface area contributed by atoms with Gasteiger partial charge in [0.1, 0.15) is 0 Å². The molecule has 0 heterocycles. The lowest BCUT2D eigenvalue weighted by Crippen LogP contribution is -2.39. The van der Waals surface area contributed by atoms with E-state index in [1.807, 2.05) is 0 Å². The van der Waals surface area contributed by atoms with Crippen LogP contribution in [-0.4, -0.2) is 12.6 Å². The Balaban J connectivity index is 1.87. The van der Waals surface area contributed by atoms with E-state index in [1.165, 1.54) is 37.7 Å². The fourth-order valence-electron chi connectivity index (χ4n) is 3.08. The van der Waals surface area contributed by atoms with Crippen LogP contribution in [0.2, 0.25) is 0 Å². The van der Waals surface area contributed by atoms with Gasteiger partial charge >= 0.3 is 0 Å². The zero-order valence-corrected chi connectivity index (χ0v) is 12.8. The third-order valence-corrected chi connectivity index (χ3v) is 4.65. The van der Waals surface area contributed by atoms with E-state index in [0.717, 1.165) is 18.5 Å². The summed E-state index contributed by atoms with van der Waals surface area (Å²) < 4.78 is 0. The molecule has 2 unspecified atom stereocenters. The number of rotatable bonds is 4. The van der Waals surface area contributed by atoms with Crippen LogP contribution in [0.25, 0.3) is 0 Å². The van der Waals surface area contributed by atoms with Crippen molar-refractivity contribution in [1.82, 2.24) is 5.32 Å². The van der Waals surface area contributed by atoms with Crippen LogP contribution in [0.1, 0.15) is 58.4 Å². The van der Waals surface area contributed by atoms with Gasteiger partial charge in [-0.3, -0.25) is 0 Å². The predicted molar refractivity (Wildman–Crippen MR) is 83.5 cm³/mol. The maximum absolute atomic E-state index is 3.82. The minimum absolute atomic E-state index is 0.221. The van der Waals surface area contributed by atoms with Crippen molar-refractivity contribution in [3.05, 3.63) is 35.9 Å². The lowest BCUT2D eigenvalue weighted by atomic mass is 9.84. The van der Waals surface area contributed by atoms with E-state index in [9.17, 15) is 0 Å². The van der Waals surface area contributed by atoms with Gasteiger partial charge < -0.3 is 5.32 Å². The van der Waals surface area contributed by atoms with Crippen LogP contribution in [0.15, 0.2) is 30.3 Å². The molecule has 1 aliphatic carbocycles. The number of benzene rings is 1. The average molecular weight is 259 g/mol. The highest BCUT2D eigenvalue weighted by Gasteiger charge is 2.22. The lowest BCUT2D eigenvalue weighted by Gasteiger charge is -2.28. The molecule has 0 spiro atoms. The molecule has 0 aliphatic heterocycles. The Labute approximate surface area is 118 Å². The molecule has 106 valence electrons. The van der Waals surface area contributed by atoms with Crippen molar-refractivity contribution in [2.75, 3.05) is 6.54 Å². The van der Waals surface area contributed by atoms with Crippen LogP contribution in [0.5, 0.6) is 0 Å². The van der Waals surface area contributed by atoms with E-state index in [2.05, 4.69) is 56.4 Å². The molecule has 1 saturated carbocycles. The molecule has 1 aliphatic rings. The van der Waals surface area contributed by atoms with E-state index in [4.69, 9.17) is 0 Å². The largest absolute Gasteiger partial charge is 0.313 e. The molecule has 1 N–H and O–H groups in total. The van der Waals surface area contributed by atoms with E-state index < -0.39 is 0 Å². The van der Waals surface area contributed by atoms with E-state index in [-0.39, 0.29) is 5.41 Å². The second-order valence-electron chi connectivity index (χ2n) is 6.94. The summed E-state index contributed by atoms with van der Waals surface area (Å²) in [6.07, 6.45) is 6.91. The summed E-state index contributed by atoms with van der Waals surface area (Å²) >= 11 is 0. The highest BCUT2D eigenvalue weighted by atomic mass is 14.9. The summed E-state index contributed by atoms with van der Waals surface area (Å²) in [6, 6.07) is 11.6. The number of hydrogen-bond donors (Lipinski definition) is 1. The van der Waals surface area contributed by atoms with Gasteiger partial charge in [0.15, 0.2) is 0 Å². The monoisotopic (exact) mass is 259 g/mol. The zero-order chi connectivity index (χ0) is 13.7. The second-order valence-corrected chi connectivity index (χ2v) is 6.94. The average Bonchev–Trinajstić information content (AvgIpc) is 2.62. The quantitative estimate of drug-likeness (QED) is 0.784. The smallest absolute Gasteiger partial charge is 0.00675 e. The highest BCUT2D eigenvalue weighted by molar-refractivity contribution is 5.23. The molecule has 1 heteroatoms. The molecule has 1 aromatic carbocycles. The first-order valence-electron chi connectivity index (χ1n) is 7.87. The third-order valence-electron chi connectivity index (χ3n) is 4.65. The van der Waals surface area contributed by atoms with Gasteiger partial charge in [-0.25, -0.2) is 0 Å². The van der Waals surface area contributed by atoms with Crippen LogP contribution in [0, 0.1) is 5.92 Å². The summed E-state index contributed by atoms with van der Waals surface area (Å²) in [7, 11) is 0. The van der Waals surface area contributed by atoms with Gasteiger partial charge in [-0.2, -0.15) is 0 Å². The van der Waals surface area contributed by atoms with Crippen LogP contribution in [-0.2, 0) is 5.41 Å². The standard InChI is InChI=1S/C18H29N/c1-15-8-7-11-17(13-12-15)19-14-18(2,3)16-9-5-4-6-10-16/h4-6,9-10,15,17,19H,7-8,11-14H2,1-3H3. The van der Waals surface area contributed by atoms with Gasteiger partial charge in [-0.15, -0.1) is 0 Å². The normalized spacial score (nSPS) is 25.0. The van der Waals surface area contributed by atoms with Gasteiger partial charge in [-0.05, 0) is 30.7 Å². The first kappa shape index (κ1) is 14.6. The van der Waals surface area contributed by atoms with Crippen LogP contribution in [0.4, 0.5) is 0 Å². The first-order chi connectivity index (χ1) is 9.08. The molecule has 2 rings (SSSR count). The molecule has 0 saturated heterocycles. The molecule has 1 nitrogen and oxygen atoms in total. The van der Waals surface area contributed by atoms with Crippen LogP contribution < -0.4 is 5.32 Å². The fraction of sp³-hybridized carbons (Fsp3) is 0.667. The zero-order valence-electron chi connectivity index (χ0n) is 12.8. The maximum atomic E-state index is 3.82. The Bertz CT molecular complexity index is 369. The lowest BCUT2D eigenvalue weighted by molar-refractivity contribution is 0.388. The van der Waals surface area contributed by atoms with Crippen LogP contribution in [0.3, 0.4) is 0 Å². The van der Waals surface area contributed by atoms with Gasteiger partial charge in [0, 0.05) is 18.0 Å². The van der Waals surface area contributed by atoms with Crippen molar-refractivity contribution in [2.45, 2.75) is 64.3 Å².